The molecule has 2 heterocycles. The van der Waals surface area contributed by atoms with Gasteiger partial charge in [-0.3, -0.25) is 0 Å². The van der Waals surface area contributed by atoms with Crippen LogP contribution in [0, 0.1) is 0 Å². The fourth-order valence-corrected chi connectivity index (χ4v) is 2.70. The molecule has 1 atom stereocenters. The van der Waals surface area contributed by atoms with Crippen LogP contribution in [0.3, 0.4) is 0 Å². The third kappa shape index (κ3) is 4.15. The number of nitrogens with two attached hydrogens (primary N) is 1. The molecule has 1 aliphatic rings. The van der Waals surface area contributed by atoms with Crippen molar-refractivity contribution in [1.29, 1.82) is 0 Å². The van der Waals surface area contributed by atoms with Gasteiger partial charge in [-0.25, -0.2) is 0 Å². The molecule has 0 spiro atoms. The van der Waals surface area contributed by atoms with Crippen LogP contribution in [0.1, 0.15) is 18.4 Å². The quantitative estimate of drug-likeness (QED) is 0.892. The van der Waals surface area contributed by atoms with E-state index < -0.39 is 11.7 Å². The van der Waals surface area contributed by atoms with Gasteiger partial charge in [-0.2, -0.15) is 13.2 Å². The number of anilines is 1. The van der Waals surface area contributed by atoms with Gasteiger partial charge >= 0.3 is 6.18 Å². The van der Waals surface area contributed by atoms with Crippen molar-refractivity contribution in [2.45, 2.75) is 25.1 Å². The Kier molecular flexibility index (Phi) is 5.66. The first-order chi connectivity index (χ1) is 10.9. The predicted octanol–water partition coefficient (Wildman–Crippen LogP) is 3.51. The SMILES string of the molecule is Cl.NC1CCCN(c2ccc(-c3ccc(C(F)(F)F)cc3)nn2)C1. The van der Waals surface area contributed by atoms with E-state index in [4.69, 9.17) is 5.73 Å². The number of hydrogen-bond acceptors (Lipinski definition) is 4. The molecule has 4 nitrogen and oxygen atoms in total. The molecule has 2 aromatic rings. The monoisotopic (exact) mass is 358 g/mol. The largest absolute Gasteiger partial charge is 0.416 e. The number of rotatable bonds is 2. The van der Waals surface area contributed by atoms with Crippen LogP contribution in [0.4, 0.5) is 19.0 Å². The van der Waals surface area contributed by atoms with Crippen molar-refractivity contribution in [2.75, 3.05) is 18.0 Å². The van der Waals surface area contributed by atoms with E-state index in [0.717, 1.165) is 43.9 Å². The molecule has 1 aromatic carbocycles. The average molecular weight is 359 g/mol. The Hall–Kier alpha value is -1.86. The molecule has 1 fully saturated rings. The van der Waals surface area contributed by atoms with E-state index in [0.29, 0.717) is 11.3 Å². The Balaban J connectivity index is 0.00000208. The predicted molar refractivity (Wildman–Crippen MR) is 89.1 cm³/mol. The number of nitrogens with zero attached hydrogens (tertiary/aromatic N) is 3. The summed E-state index contributed by atoms with van der Waals surface area (Å²) >= 11 is 0. The van der Waals surface area contributed by atoms with Gasteiger partial charge in [-0.05, 0) is 37.1 Å². The van der Waals surface area contributed by atoms with E-state index in [1.165, 1.54) is 12.1 Å². The minimum Gasteiger partial charge on any atom is -0.354 e. The number of alkyl halides is 3. The minimum absolute atomic E-state index is 0. The summed E-state index contributed by atoms with van der Waals surface area (Å²) in [5.41, 5.74) is 6.43. The Morgan fingerprint density at radius 1 is 1.04 bits per heavy atom. The van der Waals surface area contributed by atoms with Crippen LogP contribution in [0.25, 0.3) is 11.3 Å². The van der Waals surface area contributed by atoms with Gasteiger partial charge in [0.25, 0.3) is 0 Å². The molecule has 0 radical (unpaired) electrons. The first-order valence-corrected chi connectivity index (χ1v) is 7.45. The normalized spacial score (nSPS) is 18.2. The van der Waals surface area contributed by atoms with Gasteiger partial charge in [-0.1, -0.05) is 12.1 Å². The zero-order chi connectivity index (χ0) is 16.4. The number of hydrogen-bond donors (Lipinski definition) is 1. The zero-order valence-corrected chi connectivity index (χ0v) is 13.6. The van der Waals surface area contributed by atoms with Crippen molar-refractivity contribution >= 4 is 18.2 Å². The number of halogens is 4. The minimum atomic E-state index is -4.33. The maximum Gasteiger partial charge on any atom is 0.416 e. The molecule has 1 aromatic heterocycles. The fraction of sp³-hybridized carbons (Fsp3) is 0.375. The topological polar surface area (TPSA) is 55.0 Å². The van der Waals surface area contributed by atoms with E-state index in [2.05, 4.69) is 15.1 Å². The lowest BCUT2D eigenvalue weighted by atomic mass is 10.1. The third-order valence-corrected chi connectivity index (χ3v) is 3.94. The summed E-state index contributed by atoms with van der Waals surface area (Å²) < 4.78 is 37.7. The van der Waals surface area contributed by atoms with Crippen LogP contribution in [-0.2, 0) is 6.18 Å². The molecule has 130 valence electrons. The molecular weight excluding hydrogens is 341 g/mol. The van der Waals surface area contributed by atoms with Gasteiger partial charge < -0.3 is 10.6 Å². The highest BCUT2D eigenvalue weighted by Gasteiger charge is 2.30. The molecular formula is C16H18ClF3N4. The van der Waals surface area contributed by atoms with Crippen molar-refractivity contribution < 1.29 is 13.2 Å². The van der Waals surface area contributed by atoms with Crippen molar-refractivity contribution in [3.05, 3.63) is 42.0 Å². The summed E-state index contributed by atoms with van der Waals surface area (Å²) in [6.45, 7) is 1.64. The van der Waals surface area contributed by atoms with Gasteiger partial charge in [0.2, 0.25) is 0 Å². The molecule has 8 heteroatoms. The molecule has 1 unspecified atom stereocenters. The molecule has 0 bridgehead atoms. The summed E-state index contributed by atoms with van der Waals surface area (Å²) in [6, 6.07) is 8.65. The van der Waals surface area contributed by atoms with Crippen molar-refractivity contribution in [2.24, 2.45) is 5.73 Å². The molecule has 1 aliphatic heterocycles. The van der Waals surface area contributed by atoms with Crippen LogP contribution in [0.2, 0.25) is 0 Å². The smallest absolute Gasteiger partial charge is 0.354 e. The highest BCUT2D eigenvalue weighted by atomic mass is 35.5. The molecule has 0 aliphatic carbocycles. The van der Waals surface area contributed by atoms with E-state index >= 15 is 0 Å². The van der Waals surface area contributed by atoms with E-state index in [1.54, 1.807) is 6.07 Å². The molecule has 0 amide bonds. The van der Waals surface area contributed by atoms with E-state index in [1.807, 2.05) is 6.07 Å². The van der Waals surface area contributed by atoms with Gasteiger partial charge in [0, 0.05) is 24.7 Å². The first-order valence-electron chi connectivity index (χ1n) is 7.45. The van der Waals surface area contributed by atoms with Crippen LogP contribution >= 0.6 is 12.4 Å². The van der Waals surface area contributed by atoms with Crippen LogP contribution in [0.15, 0.2) is 36.4 Å². The highest BCUT2D eigenvalue weighted by Crippen LogP contribution is 2.30. The lowest BCUT2D eigenvalue weighted by Crippen LogP contribution is -2.43. The summed E-state index contributed by atoms with van der Waals surface area (Å²) in [5, 5.41) is 8.31. The van der Waals surface area contributed by atoms with Gasteiger partial charge in [-0.15, -0.1) is 22.6 Å². The van der Waals surface area contributed by atoms with Crippen LogP contribution < -0.4 is 10.6 Å². The number of benzene rings is 1. The second-order valence-corrected chi connectivity index (χ2v) is 5.70. The van der Waals surface area contributed by atoms with Crippen molar-refractivity contribution in [3.8, 4) is 11.3 Å². The lowest BCUT2D eigenvalue weighted by Gasteiger charge is -2.31. The number of aromatic nitrogens is 2. The van der Waals surface area contributed by atoms with Gasteiger partial charge in [0.15, 0.2) is 5.82 Å². The Bertz CT molecular complexity index is 659. The van der Waals surface area contributed by atoms with Crippen LogP contribution in [0.5, 0.6) is 0 Å². The maximum absolute atomic E-state index is 12.6. The standard InChI is InChI=1S/C16H17F3N4.ClH/c17-16(18,19)12-5-3-11(4-6-12)14-7-8-15(22-21-14)23-9-1-2-13(20)10-23;/h3-8,13H,1-2,9-10,20H2;1H. The molecule has 3 rings (SSSR count). The maximum atomic E-state index is 12.6. The molecule has 2 N–H and O–H groups in total. The molecule has 1 saturated heterocycles. The van der Waals surface area contributed by atoms with Crippen molar-refractivity contribution in [1.82, 2.24) is 10.2 Å². The molecule has 24 heavy (non-hydrogen) atoms. The van der Waals surface area contributed by atoms with Crippen LogP contribution in [-0.4, -0.2) is 29.3 Å². The van der Waals surface area contributed by atoms with E-state index in [9.17, 15) is 13.2 Å². The summed E-state index contributed by atoms with van der Waals surface area (Å²) in [4.78, 5) is 2.08. The Morgan fingerprint density at radius 2 is 1.75 bits per heavy atom. The zero-order valence-electron chi connectivity index (χ0n) is 12.8. The Labute approximate surface area is 144 Å². The van der Waals surface area contributed by atoms with E-state index in [-0.39, 0.29) is 18.4 Å². The van der Waals surface area contributed by atoms with Crippen molar-refractivity contribution in [3.63, 3.8) is 0 Å². The van der Waals surface area contributed by atoms with Gasteiger partial charge in [0.1, 0.15) is 0 Å². The number of piperidine rings is 1. The highest BCUT2D eigenvalue weighted by molar-refractivity contribution is 5.85. The summed E-state index contributed by atoms with van der Waals surface area (Å²) in [6.07, 6.45) is -2.31. The second-order valence-electron chi connectivity index (χ2n) is 5.70. The summed E-state index contributed by atoms with van der Waals surface area (Å²) in [5.74, 6) is 0.746. The lowest BCUT2D eigenvalue weighted by molar-refractivity contribution is -0.137. The summed E-state index contributed by atoms with van der Waals surface area (Å²) in [7, 11) is 0. The Morgan fingerprint density at radius 3 is 2.29 bits per heavy atom. The van der Waals surface area contributed by atoms with Gasteiger partial charge in [0.05, 0.1) is 11.3 Å². The fourth-order valence-electron chi connectivity index (χ4n) is 2.70. The third-order valence-electron chi connectivity index (χ3n) is 3.94. The molecule has 0 saturated carbocycles. The average Bonchev–Trinajstić information content (AvgIpc) is 2.54. The second kappa shape index (κ2) is 7.36. The first kappa shape index (κ1) is 18.5.